The van der Waals surface area contributed by atoms with Gasteiger partial charge in [0.2, 0.25) is 11.8 Å². The van der Waals surface area contributed by atoms with Gasteiger partial charge >= 0.3 is 6.18 Å². The number of hydrogen-bond donors (Lipinski definition) is 1. The molecule has 1 aliphatic heterocycles. The van der Waals surface area contributed by atoms with Crippen LogP contribution in [-0.2, 0) is 22.3 Å². The van der Waals surface area contributed by atoms with Crippen LogP contribution < -0.4 is 10.1 Å². The molecule has 0 bridgehead atoms. The van der Waals surface area contributed by atoms with E-state index in [0.717, 1.165) is 69.2 Å². The highest BCUT2D eigenvalue weighted by molar-refractivity contribution is 5.80. The Labute approximate surface area is 235 Å². The molecule has 1 saturated heterocycles. The van der Waals surface area contributed by atoms with Crippen LogP contribution in [0.25, 0.3) is 0 Å². The van der Waals surface area contributed by atoms with Gasteiger partial charge in [-0.25, -0.2) is 4.98 Å². The molecule has 220 valence electrons. The molecule has 1 aromatic carbocycles. The Morgan fingerprint density at radius 2 is 1.88 bits per heavy atom. The number of likely N-dealkylation sites (tertiary alicyclic amines) is 1. The third-order valence-corrected chi connectivity index (χ3v) is 8.17. The number of amides is 1. The molecule has 6 nitrogen and oxygen atoms in total. The van der Waals surface area contributed by atoms with Gasteiger partial charge in [0.25, 0.3) is 0 Å². The molecule has 1 saturated carbocycles. The van der Waals surface area contributed by atoms with Crippen LogP contribution in [0.15, 0.2) is 42.6 Å². The quantitative estimate of drug-likeness (QED) is 0.292. The maximum atomic E-state index is 14.1. The number of methoxy groups -OCH3 is 1. The lowest BCUT2D eigenvalue weighted by molar-refractivity contribution is -0.140. The molecule has 3 atom stereocenters. The van der Waals surface area contributed by atoms with Gasteiger partial charge in [0.05, 0.1) is 18.2 Å². The molecule has 3 unspecified atom stereocenters. The fourth-order valence-electron chi connectivity index (χ4n) is 6.14. The van der Waals surface area contributed by atoms with Crippen molar-refractivity contribution in [3.63, 3.8) is 0 Å². The number of halogens is 3. The zero-order chi connectivity index (χ0) is 28.5. The summed E-state index contributed by atoms with van der Waals surface area (Å²) in [7, 11) is 1.53. The number of nitrogens with one attached hydrogen (secondary N) is 1. The molecular weight excluding hydrogens is 519 g/mol. The standard InChI is InChI=1S/C31H42F3N3O3/c1-3-4-15-26-19-27(35-20-24-18-25(31(32,33)34)21-36-29(24)40-17-16-39-2)28(22-11-7-5-8-12-22)37(26)30(38)23-13-9-6-10-14-23/h5,7-8,11-12,18,21,23,26-28,35H,3-4,6,9-10,13-17,19-20H2,1-2H3. The topological polar surface area (TPSA) is 63.7 Å². The normalized spacial score (nSPS) is 22.0. The van der Waals surface area contributed by atoms with Crippen LogP contribution in [-0.4, -0.2) is 48.2 Å². The third kappa shape index (κ3) is 7.55. The number of pyridine rings is 1. The lowest BCUT2D eigenvalue weighted by atomic mass is 9.87. The lowest BCUT2D eigenvalue weighted by Gasteiger charge is -2.36. The summed E-state index contributed by atoms with van der Waals surface area (Å²) in [4.78, 5) is 20.2. The molecule has 4 rings (SSSR count). The van der Waals surface area contributed by atoms with Crippen molar-refractivity contribution in [3.8, 4) is 5.88 Å². The number of carbonyl (C=O) groups excluding carboxylic acids is 1. The van der Waals surface area contributed by atoms with Gasteiger partial charge in [-0.05, 0) is 37.3 Å². The summed E-state index contributed by atoms with van der Waals surface area (Å²) >= 11 is 0. The van der Waals surface area contributed by atoms with Gasteiger partial charge in [-0.2, -0.15) is 13.2 Å². The van der Waals surface area contributed by atoms with Crippen LogP contribution in [0.5, 0.6) is 5.88 Å². The smallest absolute Gasteiger partial charge is 0.417 e. The highest BCUT2D eigenvalue weighted by Gasteiger charge is 2.45. The molecule has 1 aliphatic carbocycles. The minimum absolute atomic E-state index is 0.0382. The summed E-state index contributed by atoms with van der Waals surface area (Å²) in [6.45, 7) is 2.77. The molecule has 1 amide bonds. The number of alkyl halides is 3. The monoisotopic (exact) mass is 561 g/mol. The third-order valence-electron chi connectivity index (χ3n) is 8.17. The number of hydrogen-bond acceptors (Lipinski definition) is 5. The molecule has 9 heteroatoms. The van der Waals surface area contributed by atoms with Crippen molar-refractivity contribution in [3.05, 3.63) is 59.3 Å². The van der Waals surface area contributed by atoms with Crippen molar-refractivity contribution in [1.29, 1.82) is 0 Å². The molecular formula is C31H42F3N3O3. The van der Waals surface area contributed by atoms with Crippen molar-refractivity contribution in [2.24, 2.45) is 5.92 Å². The van der Waals surface area contributed by atoms with Crippen LogP contribution in [0.4, 0.5) is 13.2 Å². The fourth-order valence-corrected chi connectivity index (χ4v) is 6.14. The summed E-state index contributed by atoms with van der Waals surface area (Å²) in [6, 6.07) is 10.9. The van der Waals surface area contributed by atoms with E-state index in [1.807, 2.05) is 30.3 Å². The maximum Gasteiger partial charge on any atom is 0.417 e. The Morgan fingerprint density at radius 1 is 1.12 bits per heavy atom. The molecule has 1 aromatic heterocycles. The minimum Gasteiger partial charge on any atom is -0.475 e. The lowest BCUT2D eigenvalue weighted by Crippen LogP contribution is -2.44. The first-order valence-electron chi connectivity index (χ1n) is 14.6. The average Bonchev–Trinajstić information content (AvgIpc) is 3.33. The molecule has 0 spiro atoms. The van der Waals surface area contributed by atoms with Gasteiger partial charge in [-0.1, -0.05) is 69.4 Å². The number of unbranched alkanes of at least 4 members (excludes halogenated alkanes) is 1. The number of aromatic nitrogens is 1. The van der Waals surface area contributed by atoms with Crippen LogP contribution in [0.2, 0.25) is 0 Å². The molecule has 2 heterocycles. The number of ether oxygens (including phenoxy) is 2. The molecule has 2 aromatic rings. The SMILES string of the molecule is CCCCC1CC(NCc2cc(C(F)(F)F)cnc2OCCOC)C(c2ccccc2)N1C(=O)C1CCCCC1. The highest BCUT2D eigenvalue weighted by atomic mass is 19.4. The second-order valence-electron chi connectivity index (χ2n) is 11.0. The summed E-state index contributed by atoms with van der Waals surface area (Å²) in [5, 5.41) is 3.54. The van der Waals surface area contributed by atoms with Gasteiger partial charge in [0.15, 0.2) is 0 Å². The predicted molar refractivity (Wildman–Crippen MR) is 148 cm³/mol. The maximum absolute atomic E-state index is 14.1. The number of benzene rings is 1. The van der Waals surface area contributed by atoms with Gasteiger partial charge in [0, 0.05) is 43.4 Å². The largest absolute Gasteiger partial charge is 0.475 e. The van der Waals surface area contributed by atoms with Gasteiger partial charge in [-0.3, -0.25) is 4.79 Å². The van der Waals surface area contributed by atoms with E-state index in [1.54, 1.807) is 0 Å². The average molecular weight is 562 g/mol. The van der Waals surface area contributed by atoms with E-state index in [0.29, 0.717) is 12.2 Å². The van der Waals surface area contributed by atoms with E-state index in [-0.39, 0.29) is 49.0 Å². The van der Waals surface area contributed by atoms with Crippen molar-refractivity contribution >= 4 is 5.91 Å². The molecule has 2 aliphatic rings. The predicted octanol–water partition coefficient (Wildman–Crippen LogP) is 6.70. The second kappa shape index (κ2) is 14.3. The summed E-state index contributed by atoms with van der Waals surface area (Å²) in [6.07, 6.45) is 5.18. The van der Waals surface area contributed by atoms with Crippen molar-refractivity contribution in [1.82, 2.24) is 15.2 Å². The first-order chi connectivity index (χ1) is 19.3. The van der Waals surface area contributed by atoms with Crippen LogP contribution in [0, 0.1) is 5.92 Å². The number of rotatable bonds is 12. The number of carbonyl (C=O) groups is 1. The molecule has 2 fully saturated rings. The second-order valence-corrected chi connectivity index (χ2v) is 11.0. The van der Waals surface area contributed by atoms with Gasteiger partial charge < -0.3 is 19.7 Å². The van der Waals surface area contributed by atoms with E-state index in [9.17, 15) is 18.0 Å². The zero-order valence-corrected chi connectivity index (χ0v) is 23.6. The Bertz CT molecular complexity index is 1080. The minimum atomic E-state index is -4.51. The Hall–Kier alpha value is -2.65. The Morgan fingerprint density at radius 3 is 2.55 bits per heavy atom. The van der Waals surface area contributed by atoms with Crippen LogP contribution in [0.3, 0.4) is 0 Å². The van der Waals surface area contributed by atoms with E-state index in [1.165, 1.54) is 13.5 Å². The van der Waals surface area contributed by atoms with Crippen molar-refractivity contribution in [2.75, 3.05) is 20.3 Å². The summed E-state index contributed by atoms with van der Waals surface area (Å²) in [5.41, 5.74) is 0.561. The Balaban J connectivity index is 1.63. The highest BCUT2D eigenvalue weighted by Crippen LogP contribution is 2.41. The van der Waals surface area contributed by atoms with Crippen LogP contribution in [0.1, 0.15) is 87.4 Å². The van der Waals surface area contributed by atoms with Gasteiger partial charge in [0.1, 0.15) is 6.61 Å². The summed E-state index contributed by atoms with van der Waals surface area (Å²) < 4.78 is 51.4. The van der Waals surface area contributed by atoms with E-state index in [2.05, 4.69) is 22.1 Å². The van der Waals surface area contributed by atoms with Crippen molar-refractivity contribution in [2.45, 2.75) is 95.6 Å². The molecule has 0 radical (unpaired) electrons. The molecule has 40 heavy (non-hydrogen) atoms. The molecule has 1 N–H and O–H groups in total. The number of nitrogens with zero attached hydrogens (tertiary/aromatic N) is 2. The van der Waals surface area contributed by atoms with Crippen LogP contribution >= 0.6 is 0 Å². The van der Waals surface area contributed by atoms with Crippen molar-refractivity contribution < 1.29 is 27.4 Å². The first-order valence-corrected chi connectivity index (χ1v) is 14.6. The van der Waals surface area contributed by atoms with E-state index < -0.39 is 11.7 Å². The fraction of sp³-hybridized carbons (Fsp3) is 0.613. The van der Waals surface area contributed by atoms with Gasteiger partial charge in [-0.15, -0.1) is 0 Å². The zero-order valence-electron chi connectivity index (χ0n) is 23.6. The van der Waals surface area contributed by atoms with E-state index in [4.69, 9.17) is 9.47 Å². The summed E-state index contributed by atoms with van der Waals surface area (Å²) in [5.74, 6) is 0.420. The first kappa shape index (κ1) is 30.3. The van der Waals surface area contributed by atoms with E-state index >= 15 is 0 Å². The Kier molecular flexibility index (Phi) is 10.8.